The fraction of sp³-hybridized carbons (Fsp3) is 0.190. The normalized spacial score (nSPS) is 26.4. The van der Waals surface area contributed by atoms with Gasteiger partial charge in [-0.3, -0.25) is 24.5 Å². The molecule has 3 aliphatic rings. The van der Waals surface area contributed by atoms with Crippen LogP contribution in [0.3, 0.4) is 0 Å². The first-order valence-corrected chi connectivity index (χ1v) is 9.36. The van der Waals surface area contributed by atoms with Crippen molar-refractivity contribution in [2.45, 2.75) is 12.1 Å². The van der Waals surface area contributed by atoms with Crippen LogP contribution in [0.5, 0.6) is 0 Å². The van der Waals surface area contributed by atoms with E-state index < -0.39 is 46.6 Å². The van der Waals surface area contributed by atoms with Gasteiger partial charge >= 0.3 is 0 Å². The maximum absolute atomic E-state index is 13.4. The van der Waals surface area contributed by atoms with Crippen LogP contribution in [0.15, 0.2) is 54.7 Å². The van der Waals surface area contributed by atoms with Gasteiger partial charge in [0.2, 0.25) is 17.7 Å². The first kappa shape index (κ1) is 18.0. The van der Waals surface area contributed by atoms with Crippen LogP contribution in [0.1, 0.15) is 17.2 Å². The van der Waals surface area contributed by atoms with Crippen molar-refractivity contribution in [1.29, 1.82) is 0 Å². The summed E-state index contributed by atoms with van der Waals surface area (Å²) >= 11 is 0. The molecule has 0 spiro atoms. The van der Waals surface area contributed by atoms with Crippen LogP contribution in [-0.2, 0) is 14.4 Å². The smallest absolute Gasteiger partial charge is 0.271 e. The summed E-state index contributed by atoms with van der Waals surface area (Å²) < 4.78 is 0. The summed E-state index contributed by atoms with van der Waals surface area (Å²) in [5, 5.41) is 11.1. The van der Waals surface area contributed by atoms with E-state index >= 15 is 0 Å². The van der Waals surface area contributed by atoms with Crippen molar-refractivity contribution < 1.29 is 19.3 Å². The number of nitro benzene ring substituents is 1. The summed E-state index contributed by atoms with van der Waals surface area (Å²) in [4.78, 5) is 52.3. The third-order valence-corrected chi connectivity index (χ3v) is 6.05. The van der Waals surface area contributed by atoms with E-state index in [1.165, 1.54) is 24.3 Å². The van der Waals surface area contributed by atoms with Crippen molar-refractivity contribution in [3.63, 3.8) is 0 Å². The van der Waals surface area contributed by atoms with Crippen molar-refractivity contribution in [1.82, 2.24) is 4.90 Å². The fourth-order valence-corrected chi connectivity index (χ4v) is 4.88. The Labute approximate surface area is 170 Å². The number of benzene rings is 2. The van der Waals surface area contributed by atoms with E-state index in [0.717, 1.165) is 16.0 Å². The van der Waals surface area contributed by atoms with Gasteiger partial charge in [-0.2, -0.15) is 0 Å². The van der Waals surface area contributed by atoms with Crippen LogP contribution in [0.4, 0.5) is 11.4 Å². The Hall–Kier alpha value is -4.01. The lowest BCUT2D eigenvalue weighted by Crippen LogP contribution is -2.46. The first-order valence-electron chi connectivity index (χ1n) is 9.36. The van der Waals surface area contributed by atoms with E-state index in [1.54, 1.807) is 11.1 Å². The van der Waals surface area contributed by atoms with Gasteiger partial charge in [0.25, 0.3) is 5.69 Å². The molecule has 0 aliphatic carbocycles. The van der Waals surface area contributed by atoms with E-state index in [2.05, 4.69) is 0 Å². The van der Waals surface area contributed by atoms with Crippen molar-refractivity contribution in [3.8, 4) is 0 Å². The van der Waals surface area contributed by atoms with E-state index in [0.29, 0.717) is 0 Å². The van der Waals surface area contributed by atoms with Crippen molar-refractivity contribution >= 4 is 35.2 Å². The van der Waals surface area contributed by atoms with E-state index in [4.69, 9.17) is 5.73 Å². The van der Waals surface area contributed by atoms with Gasteiger partial charge in [0.05, 0.1) is 28.5 Å². The number of primary amides is 1. The van der Waals surface area contributed by atoms with Crippen LogP contribution in [-0.4, -0.2) is 33.6 Å². The molecule has 2 aromatic rings. The molecule has 2 saturated heterocycles. The summed E-state index contributed by atoms with van der Waals surface area (Å²) in [7, 11) is 0. The molecule has 3 amide bonds. The number of hydrogen-bond donors (Lipinski definition) is 1. The Morgan fingerprint density at radius 2 is 1.77 bits per heavy atom. The van der Waals surface area contributed by atoms with Crippen LogP contribution >= 0.6 is 0 Å². The van der Waals surface area contributed by atoms with Gasteiger partial charge in [0.1, 0.15) is 6.04 Å². The Bertz CT molecular complexity index is 1160. The molecular weight excluding hydrogens is 388 g/mol. The molecular formula is C21H16N4O5. The number of nitrogens with two attached hydrogens (primary N) is 1. The maximum Gasteiger partial charge on any atom is 0.271 e. The lowest BCUT2D eigenvalue weighted by Gasteiger charge is -2.34. The topological polar surface area (TPSA) is 127 Å². The van der Waals surface area contributed by atoms with Crippen LogP contribution < -0.4 is 10.6 Å². The fourth-order valence-electron chi connectivity index (χ4n) is 4.88. The predicted molar refractivity (Wildman–Crippen MR) is 106 cm³/mol. The SMILES string of the molecule is NC(=O)[C@@H]1[C@@H]2C(=O)N(c3cccc([N+](=O)[O-])c3)C(=O)[C@H]2[C@H]2c3ccccc3C=CN12. The second kappa shape index (κ2) is 6.24. The highest BCUT2D eigenvalue weighted by atomic mass is 16.6. The molecule has 0 bridgehead atoms. The number of non-ortho nitro benzene ring substituents is 1. The minimum Gasteiger partial charge on any atom is -0.368 e. The van der Waals surface area contributed by atoms with Gasteiger partial charge < -0.3 is 10.6 Å². The second-order valence-electron chi connectivity index (χ2n) is 7.52. The van der Waals surface area contributed by atoms with Crippen LogP contribution in [0, 0.1) is 22.0 Å². The summed E-state index contributed by atoms with van der Waals surface area (Å²) in [6, 6.07) is 11.3. The van der Waals surface area contributed by atoms with Crippen molar-refractivity contribution in [2.75, 3.05) is 4.90 Å². The number of rotatable bonds is 3. The number of anilines is 1. The second-order valence-corrected chi connectivity index (χ2v) is 7.52. The number of nitro groups is 1. The molecule has 0 unspecified atom stereocenters. The highest BCUT2D eigenvalue weighted by Gasteiger charge is 2.64. The Morgan fingerprint density at radius 1 is 1.03 bits per heavy atom. The number of carbonyl (C=O) groups is 3. The first-order chi connectivity index (χ1) is 14.4. The Kier molecular flexibility index (Phi) is 3.76. The zero-order valence-corrected chi connectivity index (χ0v) is 15.5. The highest BCUT2D eigenvalue weighted by Crippen LogP contribution is 2.53. The molecule has 0 saturated carbocycles. The van der Waals surface area contributed by atoms with Crippen LogP contribution in [0.2, 0.25) is 0 Å². The molecule has 0 radical (unpaired) electrons. The van der Waals surface area contributed by atoms with Gasteiger partial charge in [-0.15, -0.1) is 0 Å². The predicted octanol–water partition coefficient (Wildman–Crippen LogP) is 1.60. The van der Waals surface area contributed by atoms with Gasteiger partial charge in [0.15, 0.2) is 0 Å². The number of nitrogens with zero attached hydrogens (tertiary/aromatic N) is 3. The third kappa shape index (κ3) is 2.32. The molecule has 2 N–H and O–H groups in total. The number of imide groups is 1. The lowest BCUT2D eigenvalue weighted by molar-refractivity contribution is -0.384. The molecule has 30 heavy (non-hydrogen) atoms. The van der Waals surface area contributed by atoms with E-state index in [-0.39, 0.29) is 11.4 Å². The highest BCUT2D eigenvalue weighted by molar-refractivity contribution is 6.24. The molecule has 2 aromatic carbocycles. The molecule has 3 heterocycles. The minimum absolute atomic E-state index is 0.114. The quantitative estimate of drug-likeness (QED) is 0.470. The summed E-state index contributed by atoms with van der Waals surface area (Å²) in [6.07, 6.45) is 3.54. The molecule has 9 heteroatoms. The van der Waals surface area contributed by atoms with Gasteiger partial charge in [-0.05, 0) is 23.3 Å². The molecule has 150 valence electrons. The Balaban J connectivity index is 1.64. The average molecular weight is 404 g/mol. The molecule has 3 aliphatic heterocycles. The average Bonchev–Trinajstić information content (AvgIpc) is 3.21. The standard InChI is InChI=1S/C21H16N4O5/c22-19(26)18-16-15(17-14-7-2-1-4-11(14)8-9-23(17)18)20(27)24(21(16)28)12-5-3-6-13(10-12)25(29)30/h1-10,15-18H,(H2,22,26)/t15-,16-,17-,18+/m1/s1. The van der Waals surface area contributed by atoms with Gasteiger partial charge in [-0.1, -0.05) is 30.3 Å². The van der Waals surface area contributed by atoms with Gasteiger partial charge in [-0.25, -0.2) is 4.90 Å². The van der Waals surface area contributed by atoms with E-state index in [9.17, 15) is 24.5 Å². The van der Waals surface area contributed by atoms with Gasteiger partial charge in [0, 0.05) is 18.3 Å². The monoisotopic (exact) mass is 404 g/mol. The third-order valence-electron chi connectivity index (χ3n) is 6.05. The number of amides is 3. The molecule has 9 nitrogen and oxygen atoms in total. The number of hydrogen-bond acceptors (Lipinski definition) is 6. The zero-order chi connectivity index (χ0) is 21.2. The Morgan fingerprint density at radius 3 is 2.50 bits per heavy atom. The summed E-state index contributed by atoms with van der Waals surface area (Å²) in [5.74, 6) is -3.54. The number of carbonyl (C=O) groups excluding carboxylic acids is 3. The lowest BCUT2D eigenvalue weighted by atomic mass is 9.84. The van der Waals surface area contributed by atoms with Crippen LogP contribution in [0.25, 0.3) is 6.08 Å². The van der Waals surface area contributed by atoms with Crippen molar-refractivity contribution in [3.05, 3.63) is 76.0 Å². The molecule has 2 fully saturated rings. The number of fused-ring (bicyclic) bond motifs is 5. The van der Waals surface area contributed by atoms with Crippen molar-refractivity contribution in [2.24, 2.45) is 17.6 Å². The largest absolute Gasteiger partial charge is 0.368 e. The maximum atomic E-state index is 13.4. The van der Waals surface area contributed by atoms with E-state index in [1.807, 2.05) is 30.3 Å². The molecule has 4 atom stereocenters. The minimum atomic E-state index is -0.982. The molecule has 5 rings (SSSR count). The zero-order valence-electron chi connectivity index (χ0n) is 15.5. The molecule has 0 aromatic heterocycles. The summed E-state index contributed by atoms with van der Waals surface area (Å²) in [6.45, 7) is 0. The summed E-state index contributed by atoms with van der Waals surface area (Å²) in [5.41, 5.74) is 7.27.